The smallest absolute Gasteiger partial charge is 0.348 e. The minimum absolute atomic E-state index is 0.0338. The van der Waals surface area contributed by atoms with Crippen LogP contribution in [0.5, 0.6) is 0 Å². The average Bonchev–Trinajstić information content (AvgIpc) is 3.44. The molecule has 13 nitrogen and oxygen atoms in total. The maximum atomic E-state index is 15.5. The van der Waals surface area contributed by atoms with Crippen molar-refractivity contribution >= 4 is 59.5 Å². The van der Waals surface area contributed by atoms with Crippen molar-refractivity contribution in [2.24, 2.45) is 18.4 Å². The van der Waals surface area contributed by atoms with E-state index < -0.39 is 81.0 Å². The summed E-state index contributed by atoms with van der Waals surface area (Å²) in [4.78, 5) is 26.2. The molecule has 62 heavy (non-hydrogen) atoms. The number of alkyl halides is 5. The zero-order valence-electron chi connectivity index (χ0n) is 33.0. The van der Waals surface area contributed by atoms with Crippen LogP contribution in [0.15, 0.2) is 42.5 Å². The number of fused-ring (bicyclic) bond motifs is 5. The number of piperidine rings is 1. The molecule has 3 N–H and O–H groups in total. The van der Waals surface area contributed by atoms with Crippen LogP contribution in [0.4, 0.5) is 41.7 Å². The van der Waals surface area contributed by atoms with Gasteiger partial charge in [0.25, 0.3) is 5.92 Å². The molecule has 6 heterocycles. The largest absolute Gasteiger partial charge is 0.435 e. The lowest BCUT2D eigenvalue weighted by atomic mass is 9.73. The minimum Gasteiger partial charge on any atom is -0.348 e. The number of thiazole rings is 1. The monoisotopic (exact) mass is 902 g/mol. The van der Waals surface area contributed by atoms with E-state index in [1.54, 1.807) is 31.3 Å². The van der Waals surface area contributed by atoms with Crippen molar-refractivity contribution in [1.29, 1.82) is 0 Å². The van der Waals surface area contributed by atoms with Crippen LogP contribution in [-0.4, -0.2) is 76.3 Å². The van der Waals surface area contributed by atoms with Crippen molar-refractivity contribution in [3.05, 3.63) is 82.3 Å². The number of amides is 1. The molecule has 4 aromatic heterocycles. The summed E-state index contributed by atoms with van der Waals surface area (Å²) in [7, 11) is -2.17. The van der Waals surface area contributed by atoms with E-state index in [0.29, 0.717) is 42.6 Å². The lowest BCUT2D eigenvalue weighted by molar-refractivity contribution is -0.142. The van der Waals surface area contributed by atoms with Crippen molar-refractivity contribution < 1.29 is 43.9 Å². The molecule has 2 aliphatic carbocycles. The number of para-hydroxylation sites is 1. The van der Waals surface area contributed by atoms with Gasteiger partial charge in [-0.15, -0.1) is 0 Å². The van der Waals surface area contributed by atoms with Crippen LogP contribution in [0, 0.1) is 23.0 Å². The zero-order chi connectivity index (χ0) is 43.7. The lowest BCUT2D eigenvalue weighted by Gasteiger charge is -2.48. The summed E-state index contributed by atoms with van der Waals surface area (Å²) in [5.74, 6) is -8.85. The molecular formula is C40H37F7N10O3S2. The quantitative estimate of drug-likeness (QED) is 0.129. The summed E-state index contributed by atoms with van der Waals surface area (Å²) in [5.41, 5.74) is -1.06. The fraction of sp³-hybridized carbons (Fsp3) is 0.425. The highest BCUT2D eigenvalue weighted by Crippen LogP contribution is 2.68. The van der Waals surface area contributed by atoms with Crippen molar-refractivity contribution in [2.75, 3.05) is 42.1 Å². The van der Waals surface area contributed by atoms with Crippen molar-refractivity contribution in [2.45, 2.75) is 56.3 Å². The number of carbonyl (C=O) groups is 1. The number of halogens is 7. The molecule has 3 atom stereocenters. The Labute approximate surface area is 352 Å². The number of benzene rings is 2. The third-order valence-electron chi connectivity index (χ3n) is 12.5. The molecule has 0 radical (unpaired) electrons. The SMILES string of the molecule is Cn1nc(NS(C)(=O)=O)c2cccc(-c3cc4sc(N5CCC6(CC5)CNC6)nc4nc3[C@H](Cc3cc(F)cc(F)c3)NC(=O)Cn3nc(C(F)(F)F)c4c3C(F)(F)C3C[C@H]43)c21. The first-order chi connectivity index (χ1) is 29.3. The first-order valence-electron chi connectivity index (χ1n) is 19.8. The number of nitrogens with one attached hydrogen (secondary N) is 3. The van der Waals surface area contributed by atoms with Gasteiger partial charge in [-0.25, -0.2) is 22.2 Å². The molecule has 2 aromatic carbocycles. The van der Waals surface area contributed by atoms with Gasteiger partial charge in [0, 0.05) is 67.3 Å². The maximum absolute atomic E-state index is 15.5. The maximum Gasteiger partial charge on any atom is 0.435 e. The first kappa shape index (κ1) is 40.7. The second kappa shape index (κ2) is 14.1. The van der Waals surface area contributed by atoms with Crippen molar-refractivity contribution in [1.82, 2.24) is 40.2 Å². The predicted molar refractivity (Wildman–Crippen MR) is 215 cm³/mol. The van der Waals surface area contributed by atoms with Crippen LogP contribution < -0.4 is 20.3 Å². The fourth-order valence-corrected chi connectivity index (χ4v) is 10.9. The van der Waals surface area contributed by atoms with Gasteiger partial charge in [-0.2, -0.15) is 37.1 Å². The summed E-state index contributed by atoms with van der Waals surface area (Å²) in [6, 6.07) is 8.30. The van der Waals surface area contributed by atoms with Crippen LogP contribution in [0.1, 0.15) is 59.4 Å². The van der Waals surface area contributed by atoms with Gasteiger partial charge in [0.1, 0.15) is 23.9 Å². The van der Waals surface area contributed by atoms with E-state index in [9.17, 15) is 35.2 Å². The van der Waals surface area contributed by atoms with Gasteiger partial charge in [0.15, 0.2) is 22.3 Å². The standard InChI is InChI=1S/C40H37F7N10O3S2/c1-55-32-22(4-3-5-23(32)35(53-55)54-62(2,59)60)24-15-28-36(51-37(61-28)56-8-6-38(7-9-56)17-48-18-38)50-31(24)27(12-19-10-20(41)13-21(42)11-19)49-29(58)16-57-34-30(33(52-57)40(45,46)47)25-14-26(25)39(34,43)44/h3-5,10-11,13,15,25-27,48H,6-9,12,14,16-18H2,1-2H3,(H,49,58)(H,53,54)/t25-,26?,27-/m0/s1. The van der Waals surface area contributed by atoms with Gasteiger partial charge in [0.2, 0.25) is 15.9 Å². The predicted octanol–water partition coefficient (Wildman–Crippen LogP) is 6.61. The third kappa shape index (κ3) is 7.02. The second-order valence-corrected chi connectivity index (χ2v) is 19.6. The lowest BCUT2D eigenvalue weighted by Crippen LogP contribution is -2.58. The number of aromatic nitrogens is 6. The van der Waals surface area contributed by atoms with Crippen LogP contribution in [-0.2, 0) is 46.9 Å². The highest BCUT2D eigenvalue weighted by atomic mass is 32.2. The summed E-state index contributed by atoms with van der Waals surface area (Å²) < 4.78 is 133. The second-order valence-electron chi connectivity index (χ2n) is 16.8. The van der Waals surface area contributed by atoms with Gasteiger partial charge in [0.05, 0.1) is 28.2 Å². The van der Waals surface area contributed by atoms with E-state index in [2.05, 4.69) is 30.5 Å². The van der Waals surface area contributed by atoms with E-state index in [4.69, 9.17) is 9.97 Å². The van der Waals surface area contributed by atoms with Crippen LogP contribution >= 0.6 is 11.3 Å². The number of rotatable bonds is 10. The number of sulfonamides is 1. The topological polar surface area (TPSA) is 152 Å². The first-order valence-corrected chi connectivity index (χ1v) is 22.5. The molecule has 4 aliphatic rings. The molecule has 0 bridgehead atoms. The molecule has 3 fully saturated rings. The molecule has 22 heteroatoms. The molecule has 6 aromatic rings. The number of hydrogen-bond acceptors (Lipinski definition) is 10. The van der Waals surface area contributed by atoms with Gasteiger partial charge in [-0.3, -0.25) is 18.9 Å². The number of hydrogen-bond donors (Lipinski definition) is 3. The summed E-state index contributed by atoms with van der Waals surface area (Å²) >= 11 is 1.39. The van der Waals surface area contributed by atoms with E-state index in [0.717, 1.165) is 57.4 Å². The molecular weight excluding hydrogens is 866 g/mol. The van der Waals surface area contributed by atoms with E-state index in [1.807, 2.05) is 0 Å². The minimum atomic E-state index is -5.06. The average molecular weight is 903 g/mol. The molecule has 1 spiro atoms. The Hall–Kier alpha value is -5.35. The number of carbonyl (C=O) groups excluding carboxylic acids is 1. The highest BCUT2D eigenvalue weighted by molar-refractivity contribution is 7.92. The van der Waals surface area contributed by atoms with E-state index in [1.165, 1.54) is 16.0 Å². The van der Waals surface area contributed by atoms with Gasteiger partial charge >= 0.3 is 6.18 Å². The fourth-order valence-electron chi connectivity index (χ4n) is 9.44. The molecule has 1 saturated carbocycles. The molecule has 2 aliphatic heterocycles. The van der Waals surface area contributed by atoms with E-state index in [-0.39, 0.29) is 41.0 Å². The van der Waals surface area contributed by atoms with Gasteiger partial charge < -0.3 is 15.5 Å². The third-order valence-corrected chi connectivity index (χ3v) is 14.1. The Kier molecular flexibility index (Phi) is 9.24. The summed E-state index contributed by atoms with van der Waals surface area (Å²) in [6.45, 7) is 2.37. The Morgan fingerprint density at radius 2 is 1.76 bits per heavy atom. The Morgan fingerprint density at radius 1 is 1.03 bits per heavy atom. The number of aryl methyl sites for hydroxylation is 1. The number of pyridine rings is 1. The molecule has 1 amide bonds. The molecule has 10 rings (SSSR count). The number of anilines is 2. The van der Waals surface area contributed by atoms with Gasteiger partial charge in [-0.1, -0.05) is 23.5 Å². The normalized spacial score (nSPS) is 20.6. The molecule has 2 saturated heterocycles. The van der Waals surface area contributed by atoms with Crippen LogP contribution in [0.3, 0.4) is 0 Å². The Balaban J connectivity index is 1.11. The Morgan fingerprint density at radius 3 is 2.42 bits per heavy atom. The number of nitrogens with zero attached hydrogens (tertiary/aromatic N) is 7. The van der Waals surface area contributed by atoms with Crippen LogP contribution in [0.25, 0.3) is 32.4 Å². The van der Waals surface area contributed by atoms with E-state index >= 15 is 8.78 Å². The zero-order valence-corrected chi connectivity index (χ0v) is 34.6. The van der Waals surface area contributed by atoms with Crippen molar-refractivity contribution in [3.63, 3.8) is 0 Å². The summed E-state index contributed by atoms with van der Waals surface area (Å²) in [6.07, 6.45) is -2.61. The molecule has 1 unspecified atom stereocenters. The Bertz CT molecular complexity index is 2910. The van der Waals surface area contributed by atoms with Gasteiger partial charge in [-0.05, 0) is 66.8 Å². The summed E-state index contributed by atoms with van der Waals surface area (Å²) in [5, 5.41) is 15.1. The van der Waals surface area contributed by atoms with Crippen LogP contribution in [0.2, 0.25) is 0 Å². The molecule has 326 valence electrons. The highest BCUT2D eigenvalue weighted by Gasteiger charge is 2.68. The van der Waals surface area contributed by atoms with Crippen molar-refractivity contribution in [3.8, 4) is 11.1 Å².